The van der Waals surface area contributed by atoms with Gasteiger partial charge in [-0.15, -0.1) is 0 Å². The average molecular weight is 374 g/mol. The molecule has 25 heavy (non-hydrogen) atoms. The van der Waals surface area contributed by atoms with E-state index in [1.807, 2.05) is 5.43 Å². The lowest BCUT2D eigenvalue weighted by Crippen LogP contribution is -2.47. The van der Waals surface area contributed by atoms with Gasteiger partial charge in [0.2, 0.25) is 0 Å². The molecule has 4 atom stereocenters. The Hall–Kier alpha value is -1.44. The summed E-state index contributed by atoms with van der Waals surface area (Å²) >= 11 is 1.22. The summed E-state index contributed by atoms with van der Waals surface area (Å²) in [4.78, 5) is 11.9. The highest BCUT2D eigenvalue weighted by Crippen LogP contribution is 2.34. The number of aliphatic hydroxyl groups is 2. The Kier molecular flexibility index (Phi) is 7.40. The topological polar surface area (TPSA) is 161 Å². The molecule has 1 aromatic carbocycles. The minimum absolute atomic E-state index is 0.0333. The van der Waals surface area contributed by atoms with Crippen molar-refractivity contribution in [2.24, 2.45) is 5.84 Å². The molecule has 0 bridgehead atoms. The van der Waals surface area contributed by atoms with Crippen molar-refractivity contribution in [2.45, 2.75) is 41.5 Å². The largest absolute Gasteiger partial charge is 0.390 e. The lowest BCUT2D eigenvalue weighted by atomic mass is 10.0. The molecule has 10 nitrogen and oxygen atoms in total. The van der Waals surface area contributed by atoms with Gasteiger partial charge in [0.05, 0.1) is 18.8 Å². The third-order valence-electron chi connectivity index (χ3n) is 3.65. The molecule has 0 saturated carbocycles. The Labute approximate surface area is 148 Å². The first-order valence-corrected chi connectivity index (χ1v) is 8.48. The summed E-state index contributed by atoms with van der Waals surface area (Å²) in [5, 5.41) is 40.2. The minimum atomic E-state index is -1.07. The number of amides is 2. The smallest absolute Gasteiger partial charge is 0.333 e. The molecule has 1 saturated heterocycles. The Bertz CT molecular complexity index is 561. The van der Waals surface area contributed by atoms with Crippen LogP contribution in [0, 0.1) is 0 Å². The number of carbonyl (C=O) groups excluding carboxylic acids is 1. The van der Waals surface area contributed by atoms with Crippen molar-refractivity contribution in [2.75, 3.05) is 11.9 Å². The first-order valence-electron chi connectivity index (χ1n) is 7.60. The van der Waals surface area contributed by atoms with E-state index in [1.165, 1.54) is 11.8 Å². The number of hydrogen-bond acceptors (Lipinski definition) is 9. The molecule has 0 aromatic heterocycles. The lowest BCUT2D eigenvalue weighted by Gasteiger charge is -2.37. The van der Waals surface area contributed by atoms with Crippen LogP contribution in [0.25, 0.3) is 0 Å². The van der Waals surface area contributed by atoms with Crippen molar-refractivity contribution in [1.29, 1.82) is 0 Å². The molecule has 1 fully saturated rings. The van der Waals surface area contributed by atoms with Gasteiger partial charge in [-0.1, -0.05) is 17.0 Å². The monoisotopic (exact) mass is 374 g/mol. The van der Waals surface area contributed by atoms with Crippen LogP contribution < -0.4 is 16.6 Å². The highest BCUT2D eigenvalue weighted by atomic mass is 32.2. The van der Waals surface area contributed by atoms with Crippen molar-refractivity contribution in [3.05, 3.63) is 24.3 Å². The average Bonchev–Trinajstić information content (AvgIpc) is 2.58. The first-order chi connectivity index (χ1) is 11.9. The van der Waals surface area contributed by atoms with Crippen LogP contribution in [0.1, 0.15) is 12.8 Å². The highest BCUT2D eigenvalue weighted by molar-refractivity contribution is 7.99. The van der Waals surface area contributed by atoms with Crippen molar-refractivity contribution in [3.63, 3.8) is 0 Å². The number of hydrogen-bond donors (Lipinski definition) is 7. The standard InChI is InChI=1S/C14H22N4O6S/c15-17-14(21)16-8-1-3-10(4-2-8)25-13-12(20)11(19)7-9(24-13)5-6-18(22)23/h1-4,9,11-13,19-20,22-23H,5-7,15H2,(H2,16,17,21). The second-order valence-electron chi connectivity index (χ2n) is 5.55. The van der Waals surface area contributed by atoms with Gasteiger partial charge in [0.15, 0.2) is 0 Å². The highest BCUT2D eigenvalue weighted by Gasteiger charge is 2.37. The Morgan fingerprint density at radius 2 is 2.00 bits per heavy atom. The van der Waals surface area contributed by atoms with Gasteiger partial charge in [0, 0.05) is 17.0 Å². The van der Waals surface area contributed by atoms with Crippen LogP contribution >= 0.6 is 11.8 Å². The number of aliphatic hydroxyl groups excluding tert-OH is 2. The molecule has 0 spiro atoms. The van der Waals surface area contributed by atoms with Crippen molar-refractivity contribution >= 4 is 23.5 Å². The van der Waals surface area contributed by atoms with Crippen LogP contribution in [0.2, 0.25) is 0 Å². The van der Waals surface area contributed by atoms with Crippen LogP contribution in [0.5, 0.6) is 0 Å². The zero-order valence-electron chi connectivity index (χ0n) is 13.3. The van der Waals surface area contributed by atoms with Gasteiger partial charge in [-0.25, -0.2) is 10.6 Å². The number of nitrogens with one attached hydrogen (secondary N) is 2. The molecule has 8 N–H and O–H groups in total. The molecule has 1 aromatic rings. The number of carbonyl (C=O) groups is 1. The molecule has 2 amide bonds. The van der Waals surface area contributed by atoms with Crippen molar-refractivity contribution in [3.8, 4) is 0 Å². The number of hydrazine groups is 1. The van der Waals surface area contributed by atoms with Crippen molar-refractivity contribution in [1.82, 2.24) is 10.7 Å². The number of hydroxylamine groups is 2. The Balaban J connectivity index is 1.95. The lowest BCUT2D eigenvalue weighted by molar-refractivity contribution is -0.309. The summed E-state index contributed by atoms with van der Waals surface area (Å²) in [6.45, 7) is -0.0333. The molecular formula is C14H22N4O6S. The third-order valence-corrected chi connectivity index (χ3v) is 4.82. The van der Waals surface area contributed by atoms with E-state index >= 15 is 0 Å². The van der Waals surface area contributed by atoms with Crippen LogP contribution in [0.3, 0.4) is 0 Å². The van der Waals surface area contributed by atoms with Gasteiger partial charge in [-0.3, -0.25) is 15.8 Å². The molecule has 0 radical (unpaired) electrons. The van der Waals surface area contributed by atoms with E-state index in [1.54, 1.807) is 24.3 Å². The summed E-state index contributed by atoms with van der Waals surface area (Å²) in [5.41, 5.74) is 1.79. The van der Waals surface area contributed by atoms with Crippen molar-refractivity contribution < 1.29 is 30.2 Å². The summed E-state index contributed by atoms with van der Waals surface area (Å²) in [6, 6.07) is 6.24. The predicted octanol–water partition coefficient (Wildman–Crippen LogP) is 0.0812. The molecule has 140 valence electrons. The van der Waals surface area contributed by atoms with E-state index in [9.17, 15) is 15.0 Å². The van der Waals surface area contributed by atoms with E-state index in [0.29, 0.717) is 12.1 Å². The molecule has 1 aliphatic heterocycles. The van der Waals surface area contributed by atoms with E-state index in [2.05, 4.69) is 5.32 Å². The molecule has 1 aliphatic rings. The fourth-order valence-corrected chi connectivity index (χ4v) is 3.47. The van der Waals surface area contributed by atoms with Gasteiger partial charge in [0.25, 0.3) is 0 Å². The maximum atomic E-state index is 11.1. The maximum Gasteiger partial charge on any atom is 0.333 e. The Morgan fingerprint density at radius 1 is 1.32 bits per heavy atom. The summed E-state index contributed by atoms with van der Waals surface area (Å²) in [6.07, 6.45) is -1.93. The normalized spacial score (nSPS) is 26.5. The second-order valence-corrected chi connectivity index (χ2v) is 6.72. The second kappa shape index (κ2) is 9.31. The van der Waals surface area contributed by atoms with Crippen LogP contribution in [0.4, 0.5) is 10.5 Å². The number of urea groups is 1. The molecule has 11 heteroatoms. The molecule has 1 heterocycles. The van der Waals surface area contributed by atoms with E-state index in [0.717, 1.165) is 4.90 Å². The molecule has 0 aliphatic carbocycles. The van der Waals surface area contributed by atoms with E-state index in [-0.39, 0.29) is 18.2 Å². The van der Waals surface area contributed by atoms with Gasteiger partial charge < -0.3 is 20.3 Å². The summed E-state index contributed by atoms with van der Waals surface area (Å²) < 4.78 is 5.74. The Morgan fingerprint density at radius 3 is 2.60 bits per heavy atom. The molecule has 4 unspecified atom stereocenters. The summed E-state index contributed by atoms with van der Waals surface area (Å²) in [7, 11) is 0. The minimum Gasteiger partial charge on any atom is -0.390 e. The van der Waals surface area contributed by atoms with Gasteiger partial charge in [-0.2, -0.15) is 0 Å². The number of thioether (sulfide) groups is 1. The van der Waals surface area contributed by atoms with Gasteiger partial charge >= 0.3 is 6.03 Å². The van der Waals surface area contributed by atoms with Crippen LogP contribution in [0.15, 0.2) is 29.2 Å². The fraction of sp³-hybridized carbons (Fsp3) is 0.500. The summed E-state index contributed by atoms with van der Waals surface area (Å²) in [5.74, 6) is 4.99. The molecular weight excluding hydrogens is 352 g/mol. The quantitative estimate of drug-likeness (QED) is 0.208. The number of ether oxygens (including phenoxy) is 1. The van der Waals surface area contributed by atoms with E-state index < -0.39 is 29.8 Å². The number of nitrogens with zero attached hydrogens (tertiary/aromatic N) is 1. The SMILES string of the molecule is NNC(=O)Nc1ccc(SC2OC(CCN(O)O)CC(O)C2O)cc1. The zero-order chi connectivity index (χ0) is 18.4. The van der Waals surface area contributed by atoms with Gasteiger partial charge in [-0.05, 0) is 30.7 Å². The number of benzene rings is 1. The number of nitrogens with two attached hydrogens (primary N) is 1. The van der Waals surface area contributed by atoms with Crippen LogP contribution in [-0.2, 0) is 4.74 Å². The van der Waals surface area contributed by atoms with E-state index in [4.69, 9.17) is 21.0 Å². The fourth-order valence-electron chi connectivity index (χ4n) is 2.38. The maximum absolute atomic E-state index is 11.1. The predicted molar refractivity (Wildman–Crippen MR) is 88.8 cm³/mol. The zero-order valence-corrected chi connectivity index (χ0v) is 14.1. The third kappa shape index (κ3) is 6.09. The number of rotatable bonds is 6. The van der Waals surface area contributed by atoms with Gasteiger partial charge in [0.1, 0.15) is 11.5 Å². The number of anilines is 1. The molecule has 2 rings (SSSR count). The first kappa shape index (κ1) is 19.9. The van der Waals surface area contributed by atoms with Crippen LogP contribution in [-0.4, -0.2) is 62.2 Å².